The van der Waals surface area contributed by atoms with E-state index in [-0.39, 0.29) is 11.5 Å². The number of nitrogens with one attached hydrogen (secondary N) is 1. The van der Waals surface area contributed by atoms with Gasteiger partial charge in [0, 0.05) is 0 Å². The molecule has 2 unspecified atom stereocenters. The maximum Gasteiger partial charge on any atom is 0.186 e. The maximum absolute atomic E-state index is 9.71. The maximum atomic E-state index is 9.71. The van der Waals surface area contributed by atoms with Gasteiger partial charge >= 0.3 is 0 Å². The Morgan fingerprint density at radius 2 is 2.12 bits per heavy atom. The molecule has 0 fully saturated rings. The molecule has 0 aliphatic heterocycles. The molecule has 86 valence electrons. The lowest BCUT2D eigenvalue weighted by Crippen LogP contribution is -2.22. The van der Waals surface area contributed by atoms with E-state index < -0.39 is 18.8 Å². The highest BCUT2D eigenvalue weighted by Crippen LogP contribution is 2.25. The van der Waals surface area contributed by atoms with Gasteiger partial charge in [0.15, 0.2) is 5.65 Å². The predicted molar refractivity (Wildman–Crippen MR) is 54.1 cm³/mol. The average molecular weight is 225 g/mol. The molecule has 2 aromatic heterocycles. The lowest BCUT2D eigenvalue weighted by Gasteiger charge is -2.14. The highest BCUT2D eigenvalue weighted by Gasteiger charge is 2.23. The van der Waals surface area contributed by atoms with Crippen molar-refractivity contribution in [3.8, 4) is 0 Å². The van der Waals surface area contributed by atoms with Crippen molar-refractivity contribution in [1.29, 1.82) is 0 Å². The van der Waals surface area contributed by atoms with E-state index >= 15 is 0 Å². The summed E-state index contributed by atoms with van der Waals surface area (Å²) in [4.78, 5) is 7.60. The first kappa shape index (κ1) is 10.7. The van der Waals surface area contributed by atoms with Crippen LogP contribution in [0.4, 0.5) is 5.82 Å². The number of anilines is 1. The summed E-state index contributed by atoms with van der Waals surface area (Å²) in [5.41, 5.74) is 6.10. The molecular weight excluding hydrogens is 214 g/mol. The predicted octanol–water partition coefficient (Wildman–Crippen LogP) is -1.68. The molecule has 16 heavy (non-hydrogen) atoms. The van der Waals surface area contributed by atoms with E-state index in [1.165, 1.54) is 6.33 Å². The van der Waals surface area contributed by atoms with Gasteiger partial charge in [0.05, 0.1) is 17.7 Å². The first-order valence-corrected chi connectivity index (χ1v) is 4.56. The number of aliphatic hydroxyl groups is 3. The number of hydrogen-bond donors (Lipinski definition) is 5. The Morgan fingerprint density at radius 1 is 1.38 bits per heavy atom. The average Bonchev–Trinajstić information content (AvgIpc) is 2.72. The standard InChI is InChI=1S/C8H11N5O3/c9-7-4-5(6(16)3(15)1-14)12-13-8(4)11-2-10-7/h2-3,6,14-16H,1H2,(H3,9,10,11,12,13). The van der Waals surface area contributed by atoms with Gasteiger partial charge in [-0.1, -0.05) is 0 Å². The van der Waals surface area contributed by atoms with E-state index in [0.717, 1.165) is 0 Å². The molecule has 2 heterocycles. The molecule has 8 nitrogen and oxygen atoms in total. The van der Waals surface area contributed by atoms with Crippen molar-refractivity contribution < 1.29 is 15.3 Å². The number of aliphatic hydroxyl groups excluding tert-OH is 3. The zero-order valence-corrected chi connectivity index (χ0v) is 8.20. The monoisotopic (exact) mass is 225 g/mol. The fraction of sp³-hybridized carbons (Fsp3) is 0.375. The van der Waals surface area contributed by atoms with Crippen LogP contribution in [0, 0.1) is 0 Å². The van der Waals surface area contributed by atoms with E-state index in [1.807, 2.05) is 0 Å². The number of fused-ring (bicyclic) bond motifs is 1. The summed E-state index contributed by atoms with van der Waals surface area (Å²) < 4.78 is 0. The molecule has 0 aliphatic rings. The zero-order chi connectivity index (χ0) is 11.7. The third kappa shape index (κ3) is 1.58. The summed E-state index contributed by atoms with van der Waals surface area (Å²) in [6, 6.07) is 0. The quantitative estimate of drug-likeness (QED) is 0.420. The largest absolute Gasteiger partial charge is 0.394 e. The molecular formula is C8H11N5O3. The number of hydrogen-bond acceptors (Lipinski definition) is 7. The Balaban J connectivity index is 2.53. The molecule has 0 saturated carbocycles. The van der Waals surface area contributed by atoms with Crippen LogP contribution >= 0.6 is 0 Å². The summed E-state index contributed by atoms with van der Waals surface area (Å²) in [5, 5.41) is 34.4. The summed E-state index contributed by atoms with van der Waals surface area (Å²) in [5.74, 6) is 0.151. The molecule has 0 radical (unpaired) electrons. The molecule has 8 heteroatoms. The highest BCUT2D eigenvalue weighted by molar-refractivity contribution is 5.87. The molecule has 0 amide bonds. The van der Waals surface area contributed by atoms with Gasteiger partial charge in [0.25, 0.3) is 0 Å². The number of nitrogen functional groups attached to an aromatic ring is 1. The van der Waals surface area contributed by atoms with Crippen molar-refractivity contribution in [2.75, 3.05) is 12.3 Å². The normalized spacial score (nSPS) is 15.2. The summed E-state index contributed by atoms with van der Waals surface area (Å²) >= 11 is 0. The summed E-state index contributed by atoms with van der Waals surface area (Å²) in [6.07, 6.45) is -1.39. The lowest BCUT2D eigenvalue weighted by atomic mass is 10.1. The molecule has 6 N–H and O–H groups in total. The van der Waals surface area contributed by atoms with Crippen molar-refractivity contribution in [3.63, 3.8) is 0 Å². The number of nitrogens with two attached hydrogens (primary N) is 1. The molecule has 2 atom stereocenters. The Hall–Kier alpha value is -1.77. The molecule has 2 rings (SSSR count). The summed E-state index contributed by atoms with van der Waals surface area (Å²) in [6.45, 7) is -0.574. The van der Waals surface area contributed by atoms with Crippen LogP contribution in [0.3, 0.4) is 0 Å². The highest BCUT2D eigenvalue weighted by atomic mass is 16.4. The third-order valence-electron chi connectivity index (χ3n) is 2.26. The van der Waals surface area contributed by atoms with Gasteiger partial charge in [-0.05, 0) is 0 Å². The number of rotatable bonds is 3. The van der Waals surface area contributed by atoms with Crippen LogP contribution in [-0.2, 0) is 0 Å². The number of aromatic nitrogens is 4. The van der Waals surface area contributed by atoms with Crippen molar-refractivity contribution in [2.45, 2.75) is 12.2 Å². The van der Waals surface area contributed by atoms with Gasteiger partial charge in [0.2, 0.25) is 0 Å². The van der Waals surface area contributed by atoms with Crippen LogP contribution in [0.15, 0.2) is 6.33 Å². The second-order valence-electron chi connectivity index (χ2n) is 3.29. The van der Waals surface area contributed by atoms with Crippen LogP contribution in [0.5, 0.6) is 0 Å². The van der Waals surface area contributed by atoms with Gasteiger partial charge in [-0.3, -0.25) is 5.10 Å². The van der Waals surface area contributed by atoms with Crippen LogP contribution in [0.1, 0.15) is 11.8 Å². The van der Waals surface area contributed by atoms with Crippen molar-refractivity contribution in [2.24, 2.45) is 0 Å². The first-order chi connectivity index (χ1) is 7.65. The minimum Gasteiger partial charge on any atom is -0.394 e. The Labute approximate surface area is 89.8 Å². The van der Waals surface area contributed by atoms with Crippen LogP contribution < -0.4 is 5.73 Å². The van der Waals surface area contributed by atoms with Gasteiger partial charge in [-0.15, -0.1) is 0 Å². The lowest BCUT2D eigenvalue weighted by molar-refractivity contribution is -0.0166. The molecule has 0 bridgehead atoms. The van der Waals surface area contributed by atoms with Crippen molar-refractivity contribution in [1.82, 2.24) is 20.2 Å². The van der Waals surface area contributed by atoms with E-state index in [4.69, 9.17) is 10.8 Å². The van der Waals surface area contributed by atoms with E-state index in [9.17, 15) is 10.2 Å². The van der Waals surface area contributed by atoms with E-state index in [0.29, 0.717) is 11.0 Å². The van der Waals surface area contributed by atoms with Crippen LogP contribution in [0.25, 0.3) is 11.0 Å². The van der Waals surface area contributed by atoms with Gasteiger partial charge < -0.3 is 21.1 Å². The van der Waals surface area contributed by atoms with E-state index in [1.54, 1.807) is 0 Å². The van der Waals surface area contributed by atoms with Crippen LogP contribution in [0.2, 0.25) is 0 Å². The Bertz CT molecular complexity index is 499. The molecule has 2 aromatic rings. The topological polar surface area (TPSA) is 141 Å². The fourth-order valence-electron chi connectivity index (χ4n) is 1.41. The SMILES string of the molecule is Nc1ncnc2n[nH]c(C(O)C(O)CO)c12. The van der Waals surface area contributed by atoms with Crippen molar-refractivity contribution in [3.05, 3.63) is 12.0 Å². The second-order valence-corrected chi connectivity index (χ2v) is 3.29. The Morgan fingerprint density at radius 3 is 2.81 bits per heavy atom. The molecule has 0 spiro atoms. The Kier molecular flexibility index (Phi) is 2.69. The number of nitrogens with zero attached hydrogens (tertiary/aromatic N) is 3. The third-order valence-corrected chi connectivity index (χ3v) is 2.26. The molecule has 0 aliphatic carbocycles. The molecule has 0 aromatic carbocycles. The smallest absolute Gasteiger partial charge is 0.186 e. The number of aromatic amines is 1. The number of H-pyrrole nitrogens is 1. The van der Waals surface area contributed by atoms with Gasteiger partial charge in [-0.25, -0.2) is 9.97 Å². The molecule has 0 saturated heterocycles. The van der Waals surface area contributed by atoms with Gasteiger partial charge in [0.1, 0.15) is 24.4 Å². The first-order valence-electron chi connectivity index (χ1n) is 4.56. The summed E-state index contributed by atoms with van der Waals surface area (Å²) in [7, 11) is 0. The van der Waals surface area contributed by atoms with Crippen molar-refractivity contribution >= 4 is 16.9 Å². The zero-order valence-electron chi connectivity index (χ0n) is 8.20. The van der Waals surface area contributed by atoms with Gasteiger partial charge in [-0.2, -0.15) is 5.10 Å². The van der Waals surface area contributed by atoms with E-state index in [2.05, 4.69) is 20.2 Å². The minimum atomic E-state index is -1.32. The van der Waals surface area contributed by atoms with Crippen LogP contribution in [-0.4, -0.2) is 48.2 Å². The fourth-order valence-corrected chi connectivity index (χ4v) is 1.41. The second kappa shape index (κ2) is 4.00. The minimum absolute atomic E-state index is 0.151.